The number of rotatable bonds is 6. The number of para-hydroxylation sites is 1. The smallest absolute Gasteiger partial charge is 0.274 e. The predicted molar refractivity (Wildman–Crippen MR) is 76.2 cm³/mol. The maximum absolute atomic E-state index is 10.6. The number of aromatic nitrogens is 1. The molecule has 0 amide bonds. The van der Waals surface area contributed by atoms with Crippen LogP contribution in [0.15, 0.2) is 66.9 Å². The van der Waals surface area contributed by atoms with E-state index in [4.69, 9.17) is 0 Å². The van der Waals surface area contributed by atoms with E-state index in [0.717, 1.165) is 17.5 Å². The van der Waals surface area contributed by atoms with Gasteiger partial charge in [-0.3, -0.25) is 15.1 Å². The van der Waals surface area contributed by atoms with Gasteiger partial charge in [-0.1, -0.05) is 24.3 Å². The van der Waals surface area contributed by atoms with Crippen molar-refractivity contribution >= 4 is 5.69 Å². The third kappa shape index (κ3) is 4.41. The van der Waals surface area contributed by atoms with E-state index in [2.05, 4.69) is 15.6 Å². The van der Waals surface area contributed by atoms with E-state index in [1.165, 1.54) is 0 Å². The largest absolute Gasteiger partial charge is 0.362 e. The Morgan fingerprint density at radius 3 is 2.70 bits per heavy atom. The Bertz CT molecular complexity index is 585. The first-order chi connectivity index (χ1) is 9.74. The standard InChI is InChI=1S/C14H14N4O2/c19-18(20)11-14(17-13-6-2-1-3-7-13)16-10-12-5-4-8-15-9-12/h1-9,11,16-17H,10H2. The van der Waals surface area contributed by atoms with Gasteiger partial charge in [0.25, 0.3) is 6.20 Å². The Hall–Kier alpha value is -2.89. The third-order valence-corrected chi connectivity index (χ3v) is 2.49. The summed E-state index contributed by atoms with van der Waals surface area (Å²) in [5, 5.41) is 16.6. The maximum atomic E-state index is 10.6. The summed E-state index contributed by atoms with van der Waals surface area (Å²) >= 11 is 0. The topological polar surface area (TPSA) is 80.1 Å². The summed E-state index contributed by atoms with van der Waals surface area (Å²) in [7, 11) is 0. The zero-order valence-corrected chi connectivity index (χ0v) is 10.7. The van der Waals surface area contributed by atoms with Crippen LogP contribution in [0.25, 0.3) is 0 Å². The van der Waals surface area contributed by atoms with Crippen molar-refractivity contribution < 1.29 is 4.92 Å². The molecule has 0 unspecified atom stereocenters. The van der Waals surface area contributed by atoms with E-state index in [0.29, 0.717) is 12.4 Å². The number of pyridine rings is 1. The van der Waals surface area contributed by atoms with Crippen LogP contribution in [0.5, 0.6) is 0 Å². The van der Waals surface area contributed by atoms with Crippen molar-refractivity contribution in [3.63, 3.8) is 0 Å². The van der Waals surface area contributed by atoms with Gasteiger partial charge in [0.2, 0.25) is 0 Å². The monoisotopic (exact) mass is 270 g/mol. The molecule has 6 heteroatoms. The summed E-state index contributed by atoms with van der Waals surface area (Å²) in [4.78, 5) is 14.1. The van der Waals surface area contributed by atoms with Gasteiger partial charge in [0.15, 0.2) is 5.82 Å². The first-order valence-electron chi connectivity index (χ1n) is 6.04. The summed E-state index contributed by atoms with van der Waals surface area (Å²) in [5.74, 6) is 0.324. The van der Waals surface area contributed by atoms with Crippen LogP contribution in [0.1, 0.15) is 5.56 Å². The lowest BCUT2D eigenvalue weighted by Gasteiger charge is -2.11. The van der Waals surface area contributed by atoms with Gasteiger partial charge in [0, 0.05) is 24.6 Å². The van der Waals surface area contributed by atoms with E-state index in [9.17, 15) is 10.1 Å². The van der Waals surface area contributed by atoms with Gasteiger partial charge in [-0.15, -0.1) is 0 Å². The molecule has 2 N–H and O–H groups in total. The second kappa shape index (κ2) is 6.89. The Balaban J connectivity index is 2.03. The van der Waals surface area contributed by atoms with Crippen LogP contribution in [-0.4, -0.2) is 9.91 Å². The zero-order valence-electron chi connectivity index (χ0n) is 10.7. The quantitative estimate of drug-likeness (QED) is 0.622. The second-order valence-electron chi connectivity index (χ2n) is 4.03. The van der Waals surface area contributed by atoms with E-state index in [1.54, 1.807) is 12.4 Å². The Labute approximate surface area is 116 Å². The SMILES string of the molecule is O=[N+]([O-])C=C(NCc1cccnc1)Nc1ccccc1. The van der Waals surface area contributed by atoms with Crippen molar-refractivity contribution in [2.75, 3.05) is 5.32 Å². The summed E-state index contributed by atoms with van der Waals surface area (Å²) in [6.07, 6.45) is 4.29. The molecule has 0 radical (unpaired) electrons. The molecule has 0 aliphatic carbocycles. The maximum Gasteiger partial charge on any atom is 0.274 e. The molecule has 1 aromatic carbocycles. The normalized spacial score (nSPS) is 10.9. The van der Waals surface area contributed by atoms with E-state index in [-0.39, 0.29) is 0 Å². The first-order valence-corrected chi connectivity index (χ1v) is 6.04. The Kier molecular flexibility index (Phi) is 4.66. The van der Waals surface area contributed by atoms with Gasteiger partial charge in [-0.2, -0.15) is 0 Å². The van der Waals surface area contributed by atoms with Crippen LogP contribution >= 0.6 is 0 Å². The van der Waals surface area contributed by atoms with Crippen molar-refractivity contribution in [1.82, 2.24) is 10.3 Å². The lowest BCUT2D eigenvalue weighted by atomic mass is 10.3. The predicted octanol–water partition coefficient (Wildman–Crippen LogP) is 2.36. The zero-order chi connectivity index (χ0) is 14.2. The average molecular weight is 270 g/mol. The minimum atomic E-state index is -0.498. The minimum Gasteiger partial charge on any atom is -0.362 e. The molecule has 1 heterocycles. The second-order valence-corrected chi connectivity index (χ2v) is 4.03. The molecule has 2 aromatic rings. The van der Waals surface area contributed by atoms with Crippen LogP contribution < -0.4 is 10.6 Å². The van der Waals surface area contributed by atoms with Crippen LogP contribution in [0.4, 0.5) is 5.69 Å². The number of benzene rings is 1. The fraction of sp³-hybridized carbons (Fsp3) is 0.0714. The van der Waals surface area contributed by atoms with Gasteiger partial charge in [-0.05, 0) is 23.8 Å². The van der Waals surface area contributed by atoms with Crippen molar-refractivity contribution in [3.05, 3.63) is 82.6 Å². The molecule has 0 saturated heterocycles. The highest BCUT2D eigenvalue weighted by molar-refractivity contribution is 5.47. The summed E-state index contributed by atoms with van der Waals surface area (Å²) in [5.41, 5.74) is 1.72. The minimum absolute atomic E-state index is 0.324. The molecular formula is C14H14N4O2. The molecule has 0 atom stereocenters. The van der Waals surface area contributed by atoms with Crippen LogP contribution in [0.2, 0.25) is 0 Å². The molecule has 20 heavy (non-hydrogen) atoms. The van der Waals surface area contributed by atoms with E-state index in [1.807, 2.05) is 42.5 Å². The molecule has 0 saturated carbocycles. The van der Waals surface area contributed by atoms with Gasteiger partial charge >= 0.3 is 0 Å². The molecule has 2 rings (SSSR count). The summed E-state index contributed by atoms with van der Waals surface area (Å²) < 4.78 is 0. The average Bonchev–Trinajstić information content (AvgIpc) is 2.46. The fourth-order valence-electron chi connectivity index (χ4n) is 1.60. The molecule has 0 spiro atoms. The van der Waals surface area contributed by atoms with Crippen molar-refractivity contribution in [2.45, 2.75) is 6.54 Å². The number of anilines is 1. The number of nitrogens with one attached hydrogen (secondary N) is 2. The lowest BCUT2D eigenvalue weighted by molar-refractivity contribution is -0.403. The molecular weight excluding hydrogens is 256 g/mol. The number of nitro groups is 1. The molecule has 102 valence electrons. The van der Waals surface area contributed by atoms with E-state index >= 15 is 0 Å². The molecule has 0 aliphatic rings. The van der Waals surface area contributed by atoms with Crippen LogP contribution in [-0.2, 0) is 6.54 Å². The Morgan fingerprint density at radius 1 is 1.25 bits per heavy atom. The number of hydrogen-bond donors (Lipinski definition) is 2. The highest BCUT2D eigenvalue weighted by Gasteiger charge is 2.03. The number of nitrogens with zero attached hydrogens (tertiary/aromatic N) is 2. The Morgan fingerprint density at radius 2 is 2.05 bits per heavy atom. The fourth-order valence-corrected chi connectivity index (χ4v) is 1.60. The van der Waals surface area contributed by atoms with Crippen LogP contribution in [0, 0.1) is 10.1 Å². The van der Waals surface area contributed by atoms with E-state index < -0.39 is 4.92 Å². The van der Waals surface area contributed by atoms with Crippen molar-refractivity contribution in [3.8, 4) is 0 Å². The lowest BCUT2D eigenvalue weighted by Crippen LogP contribution is -2.20. The molecule has 0 aliphatic heterocycles. The molecule has 6 nitrogen and oxygen atoms in total. The van der Waals surface area contributed by atoms with Crippen LogP contribution in [0.3, 0.4) is 0 Å². The number of hydrogen-bond acceptors (Lipinski definition) is 5. The van der Waals surface area contributed by atoms with Crippen molar-refractivity contribution in [2.24, 2.45) is 0 Å². The molecule has 0 fully saturated rings. The first kappa shape index (κ1) is 13.5. The third-order valence-electron chi connectivity index (χ3n) is 2.49. The molecule has 1 aromatic heterocycles. The van der Waals surface area contributed by atoms with Gasteiger partial charge in [0.1, 0.15) is 0 Å². The van der Waals surface area contributed by atoms with Gasteiger partial charge in [-0.25, -0.2) is 0 Å². The molecule has 0 bridgehead atoms. The van der Waals surface area contributed by atoms with Gasteiger partial charge < -0.3 is 10.6 Å². The highest BCUT2D eigenvalue weighted by atomic mass is 16.6. The van der Waals surface area contributed by atoms with Crippen molar-refractivity contribution in [1.29, 1.82) is 0 Å². The summed E-state index contributed by atoms with van der Waals surface area (Å²) in [6, 6.07) is 13.0. The highest BCUT2D eigenvalue weighted by Crippen LogP contribution is 2.08. The summed E-state index contributed by atoms with van der Waals surface area (Å²) in [6.45, 7) is 0.452. The van der Waals surface area contributed by atoms with Gasteiger partial charge in [0.05, 0.1) is 4.92 Å².